The van der Waals surface area contributed by atoms with Crippen LogP contribution in [0.5, 0.6) is 0 Å². The highest BCUT2D eigenvalue weighted by molar-refractivity contribution is 5.82. The summed E-state index contributed by atoms with van der Waals surface area (Å²) in [5.74, 6) is 0. The molecule has 1 heterocycles. The molecule has 1 aromatic heterocycles. The minimum Gasteiger partial charge on any atom is -0.385 e. The quantitative estimate of drug-likeness (QED) is 0.793. The average molecular weight is 244 g/mol. The van der Waals surface area contributed by atoms with Crippen LogP contribution in [0.2, 0.25) is 0 Å². The summed E-state index contributed by atoms with van der Waals surface area (Å²) in [6, 6.07) is 10.5. The number of aryl methyl sites for hydroxylation is 1. The van der Waals surface area contributed by atoms with E-state index in [0.717, 1.165) is 37.3 Å². The smallest absolute Gasteiger partial charge is 0.0708 e. The summed E-state index contributed by atoms with van der Waals surface area (Å²) in [5, 5.41) is 4.69. The van der Waals surface area contributed by atoms with Crippen LogP contribution in [-0.2, 0) is 11.3 Å². The van der Waals surface area contributed by atoms with Gasteiger partial charge >= 0.3 is 0 Å². The van der Waals surface area contributed by atoms with E-state index < -0.39 is 0 Å². The third-order valence-corrected chi connectivity index (χ3v) is 2.95. The fourth-order valence-electron chi connectivity index (χ4n) is 2.11. The van der Waals surface area contributed by atoms with Gasteiger partial charge in [0, 0.05) is 31.3 Å². The first-order valence-corrected chi connectivity index (χ1v) is 6.36. The highest BCUT2D eigenvalue weighted by Crippen LogP contribution is 2.17. The van der Waals surface area contributed by atoms with E-state index in [1.165, 1.54) is 10.9 Å². The van der Waals surface area contributed by atoms with Gasteiger partial charge in [-0.2, -0.15) is 0 Å². The van der Waals surface area contributed by atoms with Crippen molar-refractivity contribution in [3.8, 4) is 0 Å². The van der Waals surface area contributed by atoms with Gasteiger partial charge in [-0.05, 0) is 37.6 Å². The van der Waals surface area contributed by atoms with Gasteiger partial charge in [0.1, 0.15) is 0 Å². The van der Waals surface area contributed by atoms with Crippen molar-refractivity contribution in [1.29, 1.82) is 0 Å². The van der Waals surface area contributed by atoms with Gasteiger partial charge in [0.25, 0.3) is 0 Å². The molecule has 96 valence electrons. The Hall–Kier alpha value is -1.45. The highest BCUT2D eigenvalue weighted by atomic mass is 16.5. The SMILES string of the molecule is COCCCNCc1cc(C)nc2ccccc12. The van der Waals surface area contributed by atoms with Crippen LogP contribution in [0.15, 0.2) is 30.3 Å². The number of ether oxygens (including phenoxy) is 1. The lowest BCUT2D eigenvalue weighted by Gasteiger charge is -2.09. The lowest BCUT2D eigenvalue weighted by molar-refractivity contribution is 0.194. The van der Waals surface area contributed by atoms with Crippen molar-refractivity contribution in [3.05, 3.63) is 41.6 Å². The molecule has 2 rings (SSSR count). The zero-order chi connectivity index (χ0) is 12.8. The minimum absolute atomic E-state index is 0.809. The summed E-state index contributed by atoms with van der Waals surface area (Å²) in [6.45, 7) is 4.71. The van der Waals surface area contributed by atoms with Gasteiger partial charge in [0.2, 0.25) is 0 Å². The first kappa shape index (κ1) is 13.0. The Bertz CT molecular complexity index is 511. The van der Waals surface area contributed by atoms with Crippen LogP contribution < -0.4 is 5.32 Å². The van der Waals surface area contributed by atoms with E-state index in [2.05, 4.69) is 34.6 Å². The predicted molar refractivity (Wildman–Crippen MR) is 74.7 cm³/mol. The molecular formula is C15H20N2O. The summed E-state index contributed by atoms with van der Waals surface area (Å²) in [6.07, 6.45) is 1.04. The number of rotatable bonds is 6. The number of hydrogen-bond donors (Lipinski definition) is 1. The molecule has 0 saturated heterocycles. The largest absolute Gasteiger partial charge is 0.385 e. The van der Waals surface area contributed by atoms with E-state index in [4.69, 9.17) is 4.74 Å². The number of para-hydroxylation sites is 1. The Morgan fingerprint density at radius 3 is 2.94 bits per heavy atom. The average Bonchev–Trinajstić information content (AvgIpc) is 2.38. The van der Waals surface area contributed by atoms with Crippen LogP contribution in [0, 0.1) is 6.92 Å². The Morgan fingerprint density at radius 2 is 2.11 bits per heavy atom. The molecule has 0 unspecified atom stereocenters. The number of pyridine rings is 1. The zero-order valence-electron chi connectivity index (χ0n) is 11.1. The number of aromatic nitrogens is 1. The van der Waals surface area contributed by atoms with Crippen LogP contribution in [0.4, 0.5) is 0 Å². The molecule has 2 aromatic rings. The molecule has 3 nitrogen and oxygen atoms in total. The number of benzene rings is 1. The Labute approximate surface area is 108 Å². The van der Waals surface area contributed by atoms with E-state index >= 15 is 0 Å². The molecular weight excluding hydrogens is 224 g/mol. The first-order valence-electron chi connectivity index (χ1n) is 6.36. The fourth-order valence-corrected chi connectivity index (χ4v) is 2.11. The van der Waals surface area contributed by atoms with Crippen LogP contribution in [0.1, 0.15) is 17.7 Å². The van der Waals surface area contributed by atoms with Gasteiger partial charge in [0.15, 0.2) is 0 Å². The summed E-state index contributed by atoms with van der Waals surface area (Å²) >= 11 is 0. The molecule has 3 heteroatoms. The van der Waals surface area contributed by atoms with Gasteiger partial charge in [-0.3, -0.25) is 4.98 Å². The van der Waals surface area contributed by atoms with Gasteiger partial charge in [0.05, 0.1) is 5.52 Å². The van der Waals surface area contributed by atoms with E-state index in [1.807, 2.05) is 13.0 Å². The van der Waals surface area contributed by atoms with E-state index in [0.29, 0.717) is 0 Å². The fraction of sp³-hybridized carbons (Fsp3) is 0.400. The third kappa shape index (κ3) is 3.28. The van der Waals surface area contributed by atoms with Crippen LogP contribution >= 0.6 is 0 Å². The maximum Gasteiger partial charge on any atom is 0.0708 e. The number of nitrogens with zero attached hydrogens (tertiary/aromatic N) is 1. The summed E-state index contributed by atoms with van der Waals surface area (Å²) in [5.41, 5.74) is 3.46. The third-order valence-electron chi connectivity index (χ3n) is 2.95. The lowest BCUT2D eigenvalue weighted by atomic mass is 10.1. The number of methoxy groups -OCH3 is 1. The normalized spacial score (nSPS) is 11.0. The van der Waals surface area contributed by atoms with Crippen molar-refractivity contribution >= 4 is 10.9 Å². The van der Waals surface area contributed by atoms with Crippen LogP contribution in [-0.4, -0.2) is 25.2 Å². The molecule has 18 heavy (non-hydrogen) atoms. The van der Waals surface area contributed by atoms with E-state index in [1.54, 1.807) is 7.11 Å². The van der Waals surface area contributed by atoms with Gasteiger partial charge in [-0.1, -0.05) is 18.2 Å². The predicted octanol–water partition coefficient (Wildman–Crippen LogP) is 2.67. The number of hydrogen-bond acceptors (Lipinski definition) is 3. The molecule has 0 saturated carbocycles. The van der Waals surface area contributed by atoms with Crippen LogP contribution in [0.3, 0.4) is 0 Å². The summed E-state index contributed by atoms with van der Waals surface area (Å²) in [4.78, 5) is 4.55. The first-order chi connectivity index (χ1) is 8.81. The summed E-state index contributed by atoms with van der Waals surface area (Å²) in [7, 11) is 1.74. The van der Waals surface area contributed by atoms with E-state index in [-0.39, 0.29) is 0 Å². The summed E-state index contributed by atoms with van der Waals surface area (Å²) < 4.78 is 5.03. The topological polar surface area (TPSA) is 34.1 Å². The molecule has 0 fully saturated rings. The second kappa shape index (κ2) is 6.47. The monoisotopic (exact) mass is 244 g/mol. The van der Waals surface area contributed by atoms with Crippen molar-refractivity contribution < 1.29 is 4.74 Å². The molecule has 0 amide bonds. The second-order valence-electron chi connectivity index (χ2n) is 4.46. The maximum absolute atomic E-state index is 5.03. The van der Waals surface area contributed by atoms with E-state index in [9.17, 15) is 0 Å². The standard InChI is InChI=1S/C15H20N2O/c1-12-10-13(11-16-8-5-9-18-2)14-6-3-4-7-15(14)17-12/h3-4,6-7,10,16H,5,8-9,11H2,1-2H3. The van der Waals surface area contributed by atoms with Crippen molar-refractivity contribution in [3.63, 3.8) is 0 Å². The molecule has 0 aliphatic heterocycles. The Kier molecular flexibility index (Phi) is 4.67. The molecule has 0 radical (unpaired) electrons. The van der Waals surface area contributed by atoms with Gasteiger partial charge in [-0.15, -0.1) is 0 Å². The Balaban J connectivity index is 2.07. The van der Waals surface area contributed by atoms with Gasteiger partial charge < -0.3 is 10.1 Å². The second-order valence-corrected chi connectivity index (χ2v) is 4.46. The highest BCUT2D eigenvalue weighted by Gasteiger charge is 2.02. The van der Waals surface area contributed by atoms with Crippen molar-refractivity contribution in [2.24, 2.45) is 0 Å². The van der Waals surface area contributed by atoms with Crippen molar-refractivity contribution in [1.82, 2.24) is 10.3 Å². The number of fused-ring (bicyclic) bond motifs is 1. The van der Waals surface area contributed by atoms with Gasteiger partial charge in [-0.25, -0.2) is 0 Å². The van der Waals surface area contributed by atoms with Crippen molar-refractivity contribution in [2.45, 2.75) is 19.9 Å². The molecule has 0 spiro atoms. The Morgan fingerprint density at radius 1 is 1.28 bits per heavy atom. The zero-order valence-corrected chi connectivity index (χ0v) is 11.1. The molecule has 1 N–H and O–H groups in total. The number of nitrogens with one attached hydrogen (secondary N) is 1. The molecule has 0 aliphatic carbocycles. The molecule has 0 atom stereocenters. The molecule has 1 aromatic carbocycles. The lowest BCUT2D eigenvalue weighted by Crippen LogP contribution is -2.16. The molecule has 0 aliphatic rings. The minimum atomic E-state index is 0.809. The molecule has 0 bridgehead atoms. The van der Waals surface area contributed by atoms with Crippen molar-refractivity contribution in [2.75, 3.05) is 20.3 Å². The maximum atomic E-state index is 5.03. The van der Waals surface area contributed by atoms with Crippen LogP contribution in [0.25, 0.3) is 10.9 Å².